The molecule has 0 saturated carbocycles. The third kappa shape index (κ3) is 4.12. The summed E-state index contributed by atoms with van der Waals surface area (Å²) in [6.45, 7) is 0. The standard InChI is InChI=1S/C43H26N2O2/c1-2-8-27(9-3-1)39-20-17-32(26-44-39)45(31-18-21-42-37(24-31)34-10-4-6-12-40(34)46-42)30-16-19-33-28(22-30)14-15-29-23-43-38(25-36(29)33)35-11-5-7-13-41(35)47-43/h1-26H. The fraction of sp³-hybridized carbons (Fsp3) is 0. The van der Waals surface area contributed by atoms with Crippen LogP contribution in [0.2, 0.25) is 0 Å². The van der Waals surface area contributed by atoms with Crippen molar-refractivity contribution in [2.24, 2.45) is 0 Å². The topological polar surface area (TPSA) is 42.4 Å². The van der Waals surface area contributed by atoms with Crippen molar-refractivity contribution in [1.29, 1.82) is 0 Å². The number of nitrogens with zero attached hydrogens (tertiary/aromatic N) is 2. The van der Waals surface area contributed by atoms with Gasteiger partial charge in [0.05, 0.1) is 17.6 Å². The SMILES string of the molecule is c1ccc(-c2ccc(N(c3ccc4c(ccc5cc6oc7ccccc7c6cc54)c3)c3ccc4oc5ccccc5c4c3)cn2)cc1. The molecule has 3 aromatic heterocycles. The van der Waals surface area contributed by atoms with E-state index in [0.29, 0.717) is 0 Å². The minimum absolute atomic E-state index is 0.871. The van der Waals surface area contributed by atoms with Crippen LogP contribution in [-0.2, 0) is 0 Å². The van der Waals surface area contributed by atoms with E-state index < -0.39 is 0 Å². The van der Waals surface area contributed by atoms with Crippen molar-refractivity contribution < 1.29 is 8.83 Å². The zero-order valence-corrected chi connectivity index (χ0v) is 25.2. The summed E-state index contributed by atoms with van der Waals surface area (Å²) < 4.78 is 12.4. The molecule has 7 aromatic carbocycles. The zero-order valence-electron chi connectivity index (χ0n) is 25.2. The second kappa shape index (κ2) is 10.1. The smallest absolute Gasteiger partial charge is 0.136 e. The van der Waals surface area contributed by atoms with Gasteiger partial charge < -0.3 is 13.7 Å². The van der Waals surface area contributed by atoms with Gasteiger partial charge in [0.25, 0.3) is 0 Å². The summed E-state index contributed by atoms with van der Waals surface area (Å²) in [5.41, 5.74) is 8.67. The van der Waals surface area contributed by atoms with Crippen molar-refractivity contribution in [2.75, 3.05) is 4.90 Å². The molecule has 4 heteroatoms. The Morgan fingerprint density at radius 2 is 1.00 bits per heavy atom. The number of benzene rings is 7. The van der Waals surface area contributed by atoms with Gasteiger partial charge in [-0.3, -0.25) is 4.98 Å². The van der Waals surface area contributed by atoms with Gasteiger partial charge in [0, 0.05) is 38.5 Å². The van der Waals surface area contributed by atoms with Gasteiger partial charge in [0.15, 0.2) is 0 Å². The molecule has 0 amide bonds. The van der Waals surface area contributed by atoms with Crippen LogP contribution in [0.15, 0.2) is 167 Å². The lowest BCUT2D eigenvalue weighted by molar-refractivity contribution is 0.668. The summed E-state index contributed by atoms with van der Waals surface area (Å²) in [6.07, 6.45) is 1.96. The van der Waals surface area contributed by atoms with Crippen molar-refractivity contribution in [3.05, 3.63) is 158 Å². The quantitative estimate of drug-likeness (QED) is 0.188. The highest BCUT2D eigenvalue weighted by molar-refractivity contribution is 6.17. The van der Waals surface area contributed by atoms with Crippen LogP contribution in [0.1, 0.15) is 0 Å². The van der Waals surface area contributed by atoms with Crippen LogP contribution in [0.3, 0.4) is 0 Å². The van der Waals surface area contributed by atoms with E-state index in [4.69, 9.17) is 13.8 Å². The molecule has 0 radical (unpaired) electrons. The van der Waals surface area contributed by atoms with Crippen molar-refractivity contribution in [3.63, 3.8) is 0 Å². The Hall–Kier alpha value is -6.39. The van der Waals surface area contributed by atoms with Crippen LogP contribution in [0, 0.1) is 0 Å². The Morgan fingerprint density at radius 1 is 0.383 bits per heavy atom. The Morgan fingerprint density at radius 3 is 1.77 bits per heavy atom. The van der Waals surface area contributed by atoms with E-state index in [1.807, 2.05) is 48.7 Å². The van der Waals surface area contributed by atoms with Gasteiger partial charge >= 0.3 is 0 Å². The van der Waals surface area contributed by atoms with Crippen LogP contribution in [0.4, 0.5) is 17.1 Å². The monoisotopic (exact) mass is 602 g/mol. The Balaban J connectivity index is 1.16. The largest absolute Gasteiger partial charge is 0.456 e. The van der Waals surface area contributed by atoms with E-state index in [9.17, 15) is 0 Å². The van der Waals surface area contributed by atoms with E-state index in [1.54, 1.807) is 0 Å². The lowest BCUT2D eigenvalue weighted by Crippen LogP contribution is -2.10. The number of rotatable bonds is 4. The predicted molar refractivity (Wildman–Crippen MR) is 194 cm³/mol. The number of anilines is 3. The van der Waals surface area contributed by atoms with Gasteiger partial charge in [0.1, 0.15) is 22.3 Å². The third-order valence-electron chi connectivity index (χ3n) is 9.27. The van der Waals surface area contributed by atoms with E-state index in [1.165, 1.54) is 10.8 Å². The molecule has 0 fully saturated rings. The molecule has 3 heterocycles. The van der Waals surface area contributed by atoms with Crippen molar-refractivity contribution in [2.45, 2.75) is 0 Å². The van der Waals surface area contributed by atoms with Crippen molar-refractivity contribution in [3.8, 4) is 11.3 Å². The molecule has 0 aliphatic carbocycles. The number of aromatic nitrogens is 1. The molecule has 0 unspecified atom stereocenters. The minimum Gasteiger partial charge on any atom is -0.456 e. The second-order valence-corrected chi connectivity index (χ2v) is 12.0. The van der Waals surface area contributed by atoms with E-state index in [2.05, 4.69) is 114 Å². The fourth-order valence-corrected chi connectivity index (χ4v) is 7.01. The first-order valence-corrected chi connectivity index (χ1v) is 15.8. The zero-order chi connectivity index (χ0) is 30.9. The number of pyridine rings is 1. The van der Waals surface area contributed by atoms with Gasteiger partial charge in [-0.2, -0.15) is 0 Å². The normalized spacial score (nSPS) is 11.8. The molecule has 0 atom stereocenters. The molecule has 47 heavy (non-hydrogen) atoms. The average Bonchev–Trinajstić information content (AvgIpc) is 3.69. The van der Waals surface area contributed by atoms with E-state index in [-0.39, 0.29) is 0 Å². The second-order valence-electron chi connectivity index (χ2n) is 12.0. The summed E-state index contributed by atoms with van der Waals surface area (Å²) in [7, 11) is 0. The van der Waals surface area contributed by atoms with Crippen LogP contribution < -0.4 is 4.90 Å². The lowest BCUT2D eigenvalue weighted by atomic mass is 9.99. The maximum Gasteiger partial charge on any atom is 0.136 e. The molecule has 4 nitrogen and oxygen atoms in total. The van der Waals surface area contributed by atoms with Crippen LogP contribution in [0.25, 0.3) is 76.7 Å². The average molecular weight is 603 g/mol. The van der Waals surface area contributed by atoms with Crippen molar-refractivity contribution in [1.82, 2.24) is 4.98 Å². The molecule has 0 saturated heterocycles. The highest BCUT2D eigenvalue weighted by atomic mass is 16.3. The molecule has 220 valence electrons. The molecule has 0 spiro atoms. The summed E-state index contributed by atoms with van der Waals surface area (Å²) in [5, 5.41) is 9.19. The third-order valence-corrected chi connectivity index (χ3v) is 9.27. The van der Waals surface area contributed by atoms with Gasteiger partial charge in [-0.25, -0.2) is 0 Å². The number of hydrogen-bond acceptors (Lipinski definition) is 4. The predicted octanol–water partition coefficient (Wildman–Crippen LogP) is 12.3. The number of fused-ring (bicyclic) bond motifs is 9. The fourth-order valence-electron chi connectivity index (χ4n) is 7.01. The highest BCUT2D eigenvalue weighted by Gasteiger charge is 2.18. The summed E-state index contributed by atoms with van der Waals surface area (Å²) in [4.78, 5) is 7.18. The van der Waals surface area contributed by atoms with E-state index >= 15 is 0 Å². The molecule has 10 rings (SSSR count). The molecule has 0 aliphatic heterocycles. The summed E-state index contributed by atoms with van der Waals surface area (Å²) in [5.74, 6) is 0. The highest BCUT2D eigenvalue weighted by Crippen LogP contribution is 2.41. The first-order valence-electron chi connectivity index (χ1n) is 15.8. The molecular weight excluding hydrogens is 576 g/mol. The first-order chi connectivity index (χ1) is 23.3. The maximum atomic E-state index is 6.19. The molecule has 0 N–H and O–H groups in total. The first kappa shape index (κ1) is 25.9. The van der Waals surface area contributed by atoms with Gasteiger partial charge in [-0.05, 0) is 88.3 Å². The molecule has 0 bridgehead atoms. The molecular formula is C43H26N2O2. The van der Waals surface area contributed by atoms with Crippen LogP contribution in [0.5, 0.6) is 0 Å². The van der Waals surface area contributed by atoms with Crippen molar-refractivity contribution >= 4 is 82.5 Å². The number of para-hydroxylation sites is 2. The van der Waals surface area contributed by atoms with Crippen LogP contribution in [-0.4, -0.2) is 4.98 Å². The molecule has 10 aromatic rings. The Labute approximate surface area is 269 Å². The minimum atomic E-state index is 0.871. The summed E-state index contributed by atoms with van der Waals surface area (Å²) in [6, 6.07) is 53.0. The van der Waals surface area contributed by atoms with Gasteiger partial charge in [-0.15, -0.1) is 0 Å². The molecule has 0 aliphatic rings. The van der Waals surface area contributed by atoms with Gasteiger partial charge in [0.2, 0.25) is 0 Å². The van der Waals surface area contributed by atoms with Gasteiger partial charge in [-0.1, -0.05) is 84.9 Å². The summed E-state index contributed by atoms with van der Waals surface area (Å²) >= 11 is 0. The Bertz CT molecular complexity index is 2790. The number of hydrogen-bond donors (Lipinski definition) is 0. The number of furan rings is 2. The lowest BCUT2D eigenvalue weighted by Gasteiger charge is -2.26. The maximum absolute atomic E-state index is 6.19. The van der Waals surface area contributed by atoms with E-state index in [0.717, 1.165) is 83.0 Å². The Kier molecular flexibility index (Phi) is 5.54. The van der Waals surface area contributed by atoms with Crippen LogP contribution >= 0.6 is 0 Å².